The van der Waals surface area contributed by atoms with Gasteiger partial charge < -0.3 is 20.6 Å². The second-order valence-electron chi connectivity index (χ2n) is 6.68. The fourth-order valence-electron chi connectivity index (χ4n) is 2.58. The van der Waals surface area contributed by atoms with E-state index in [2.05, 4.69) is 5.32 Å². The van der Waals surface area contributed by atoms with Gasteiger partial charge in [0.1, 0.15) is 5.72 Å². The maximum Gasteiger partial charge on any atom is 0.414 e. The van der Waals surface area contributed by atoms with Gasteiger partial charge in [0.2, 0.25) is 5.91 Å². The molecule has 8 nitrogen and oxygen atoms in total. The lowest BCUT2D eigenvalue weighted by Gasteiger charge is -2.27. The minimum Gasteiger partial charge on any atom is -0.473 e. The number of aliphatic carboxylic acids is 2. The summed E-state index contributed by atoms with van der Waals surface area (Å²) >= 11 is 0. The highest BCUT2D eigenvalue weighted by atomic mass is 16.4. The van der Waals surface area contributed by atoms with E-state index in [0.29, 0.717) is 24.9 Å². The molecule has 8 heteroatoms. The van der Waals surface area contributed by atoms with Crippen LogP contribution >= 0.6 is 0 Å². The van der Waals surface area contributed by atoms with E-state index >= 15 is 0 Å². The predicted molar refractivity (Wildman–Crippen MR) is 107 cm³/mol. The summed E-state index contributed by atoms with van der Waals surface area (Å²) in [4.78, 5) is 30.1. The van der Waals surface area contributed by atoms with E-state index in [1.165, 1.54) is 0 Å². The summed E-state index contributed by atoms with van der Waals surface area (Å²) in [6.45, 7) is 2.45. The van der Waals surface area contributed by atoms with Gasteiger partial charge in [-0.3, -0.25) is 10.5 Å². The largest absolute Gasteiger partial charge is 0.473 e. The van der Waals surface area contributed by atoms with Gasteiger partial charge in [-0.2, -0.15) is 0 Å². The molecular formula is C21H26N2O6. The van der Waals surface area contributed by atoms with E-state index in [4.69, 9.17) is 25.5 Å². The van der Waals surface area contributed by atoms with E-state index < -0.39 is 17.7 Å². The molecule has 0 bridgehead atoms. The van der Waals surface area contributed by atoms with Crippen molar-refractivity contribution in [1.29, 1.82) is 0 Å². The first-order valence-corrected chi connectivity index (χ1v) is 8.95. The van der Waals surface area contributed by atoms with E-state index in [1.807, 2.05) is 55.5 Å². The number of carbonyl (C=O) groups excluding carboxylic acids is 1. The zero-order valence-corrected chi connectivity index (χ0v) is 16.1. The fraction of sp³-hybridized carbons (Fsp3) is 0.286. The second-order valence-corrected chi connectivity index (χ2v) is 6.68. The Morgan fingerprint density at radius 1 is 0.966 bits per heavy atom. The molecule has 0 unspecified atom stereocenters. The second kappa shape index (κ2) is 11.6. The Balaban J connectivity index is 0.000000612. The number of nitrogens with one attached hydrogen (secondary N) is 1. The average molecular weight is 402 g/mol. The summed E-state index contributed by atoms with van der Waals surface area (Å²) in [6, 6.07) is 18.8. The number of hydrogen-bond donors (Lipinski definition) is 5. The molecule has 29 heavy (non-hydrogen) atoms. The maximum absolute atomic E-state index is 11.9. The van der Waals surface area contributed by atoms with Crippen molar-refractivity contribution in [2.45, 2.75) is 25.5 Å². The number of aliphatic hydroxyl groups is 1. The van der Waals surface area contributed by atoms with Gasteiger partial charge in [0.05, 0.1) is 6.42 Å². The Morgan fingerprint density at radius 3 is 1.93 bits per heavy atom. The van der Waals surface area contributed by atoms with Gasteiger partial charge in [-0.25, -0.2) is 9.59 Å². The van der Waals surface area contributed by atoms with Crippen LogP contribution in [0.15, 0.2) is 60.7 Å². The summed E-state index contributed by atoms with van der Waals surface area (Å²) in [5.41, 5.74) is 6.29. The minimum absolute atomic E-state index is 0.0247. The van der Waals surface area contributed by atoms with Gasteiger partial charge in [-0.15, -0.1) is 0 Å². The van der Waals surface area contributed by atoms with Crippen LogP contribution in [0.2, 0.25) is 0 Å². The molecule has 0 heterocycles. The average Bonchev–Trinajstić information content (AvgIpc) is 2.68. The first-order valence-electron chi connectivity index (χ1n) is 8.95. The third kappa shape index (κ3) is 9.50. The standard InChI is InChI=1S/C19H24N2O2.C2H2O4/c1-15(13-19(20,23)17-10-6-3-7-11-17)14-21-18(22)12-16-8-4-2-5-9-16;3-1(4)2(5)6/h2-11,15,23H,12-14,20H2,1H3,(H,21,22);(H,3,4)(H,5,6)/t15-,19-;/m1./s1. The molecule has 2 rings (SSSR count). The zero-order valence-electron chi connectivity index (χ0n) is 16.1. The monoisotopic (exact) mass is 402 g/mol. The molecule has 0 aliphatic carbocycles. The first kappa shape index (κ1) is 23.8. The van der Waals surface area contributed by atoms with Crippen LogP contribution in [0.25, 0.3) is 0 Å². The molecule has 6 N–H and O–H groups in total. The molecule has 0 aliphatic rings. The Labute approximate surface area is 169 Å². The highest BCUT2D eigenvalue weighted by molar-refractivity contribution is 6.27. The molecule has 0 radical (unpaired) electrons. The summed E-state index contributed by atoms with van der Waals surface area (Å²) in [5, 5.41) is 28.1. The summed E-state index contributed by atoms with van der Waals surface area (Å²) in [6.07, 6.45) is 0.738. The third-order valence-corrected chi connectivity index (χ3v) is 3.97. The predicted octanol–water partition coefficient (Wildman–Crippen LogP) is 1.33. The van der Waals surface area contributed by atoms with Crippen molar-refractivity contribution in [3.63, 3.8) is 0 Å². The minimum atomic E-state index is -1.82. The number of carbonyl (C=O) groups is 3. The number of carboxylic acids is 2. The van der Waals surface area contributed by atoms with Crippen LogP contribution in [0.1, 0.15) is 24.5 Å². The van der Waals surface area contributed by atoms with Crippen molar-refractivity contribution in [3.8, 4) is 0 Å². The maximum atomic E-state index is 11.9. The van der Waals surface area contributed by atoms with E-state index in [-0.39, 0.29) is 11.8 Å². The van der Waals surface area contributed by atoms with Gasteiger partial charge in [0.15, 0.2) is 0 Å². The van der Waals surface area contributed by atoms with Crippen LogP contribution in [0.5, 0.6) is 0 Å². The molecule has 0 saturated carbocycles. The molecule has 0 fully saturated rings. The van der Waals surface area contributed by atoms with Crippen molar-refractivity contribution in [1.82, 2.24) is 5.32 Å². The Kier molecular flexibility index (Phi) is 9.50. The number of amides is 1. The summed E-state index contributed by atoms with van der Waals surface area (Å²) in [5.74, 6) is -3.61. The van der Waals surface area contributed by atoms with Crippen LogP contribution in [-0.2, 0) is 26.5 Å². The number of benzene rings is 2. The fourth-order valence-corrected chi connectivity index (χ4v) is 2.58. The van der Waals surface area contributed by atoms with Crippen molar-refractivity contribution in [3.05, 3.63) is 71.8 Å². The Morgan fingerprint density at radius 2 is 1.45 bits per heavy atom. The quantitative estimate of drug-likeness (QED) is 0.346. The summed E-state index contributed by atoms with van der Waals surface area (Å²) < 4.78 is 0. The Bertz CT molecular complexity index is 781. The van der Waals surface area contributed by atoms with Crippen LogP contribution in [-0.4, -0.2) is 39.7 Å². The highest BCUT2D eigenvalue weighted by Crippen LogP contribution is 2.22. The topological polar surface area (TPSA) is 150 Å². The highest BCUT2D eigenvalue weighted by Gasteiger charge is 2.26. The molecule has 2 aromatic rings. The smallest absolute Gasteiger partial charge is 0.414 e. The van der Waals surface area contributed by atoms with Gasteiger partial charge >= 0.3 is 11.9 Å². The van der Waals surface area contributed by atoms with Crippen LogP contribution in [0, 0.1) is 5.92 Å². The van der Waals surface area contributed by atoms with Crippen molar-refractivity contribution >= 4 is 17.8 Å². The van der Waals surface area contributed by atoms with Gasteiger partial charge in [-0.05, 0) is 23.5 Å². The molecule has 0 aliphatic heterocycles. The number of hydrogen-bond acceptors (Lipinski definition) is 5. The van der Waals surface area contributed by atoms with Gasteiger partial charge in [0, 0.05) is 6.54 Å². The molecule has 0 saturated heterocycles. The van der Waals surface area contributed by atoms with Crippen molar-refractivity contribution in [2.24, 2.45) is 11.7 Å². The Hall–Kier alpha value is -3.23. The molecule has 0 aromatic heterocycles. The number of carboxylic acid groups (broad SMARTS) is 2. The van der Waals surface area contributed by atoms with Crippen molar-refractivity contribution in [2.75, 3.05) is 6.54 Å². The van der Waals surface area contributed by atoms with Gasteiger partial charge in [0.25, 0.3) is 0 Å². The normalized spacial score (nSPS) is 13.2. The van der Waals surface area contributed by atoms with Crippen LogP contribution in [0.3, 0.4) is 0 Å². The lowest BCUT2D eigenvalue weighted by Crippen LogP contribution is -2.40. The summed E-state index contributed by atoms with van der Waals surface area (Å²) in [7, 11) is 0. The van der Waals surface area contributed by atoms with E-state index in [0.717, 1.165) is 5.56 Å². The van der Waals surface area contributed by atoms with Gasteiger partial charge in [-0.1, -0.05) is 67.6 Å². The molecular weight excluding hydrogens is 376 g/mol. The molecule has 2 atom stereocenters. The SMILES string of the molecule is C[C@@H](CNC(=O)Cc1ccccc1)C[C@@](N)(O)c1ccccc1.O=C(O)C(=O)O. The van der Waals surface area contributed by atoms with Crippen LogP contribution in [0.4, 0.5) is 0 Å². The molecule has 1 amide bonds. The number of nitrogens with two attached hydrogens (primary N) is 1. The van der Waals surface area contributed by atoms with Crippen molar-refractivity contribution < 1.29 is 29.7 Å². The molecule has 156 valence electrons. The van der Waals surface area contributed by atoms with E-state index in [9.17, 15) is 9.90 Å². The first-order chi connectivity index (χ1) is 13.6. The number of rotatable bonds is 7. The third-order valence-electron chi connectivity index (χ3n) is 3.97. The lowest BCUT2D eigenvalue weighted by atomic mass is 9.93. The molecule has 2 aromatic carbocycles. The lowest BCUT2D eigenvalue weighted by molar-refractivity contribution is -0.159. The van der Waals surface area contributed by atoms with E-state index in [1.54, 1.807) is 12.1 Å². The van der Waals surface area contributed by atoms with Crippen LogP contribution < -0.4 is 11.1 Å². The molecule has 0 spiro atoms. The zero-order chi connectivity index (χ0) is 21.9.